The number of nitrogens with zero attached hydrogens (tertiary/aromatic N) is 1. The highest BCUT2D eigenvalue weighted by Gasteiger charge is 2.28. The third kappa shape index (κ3) is 1.54. The quantitative estimate of drug-likeness (QED) is 0.460. The number of ether oxygens (including phenoxy) is 1. The third-order valence-electron chi connectivity index (χ3n) is 1.25. The minimum atomic E-state index is -0.418. The minimum absolute atomic E-state index is 0.0208. The Bertz CT molecular complexity index is 142. The van der Waals surface area contributed by atoms with E-state index in [9.17, 15) is 4.79 Å². The van der Waals surface area contributed by atoms with E-state index in [1.807, 2.05) is 6.26 Å². The van der Waals surface area contributed by atoms with Gasteiger partial charge >= 0.3 is 6.09 Å². The van der Waals surface area contributed by atoms with Gasteiger partial charge in [0.15, 0.2) is 0 Å². The van der Waals surface area contributed by atoms with Crippen LogP contribution >= 0.6 is 11.8 Å². The van der Waals surface area contributed by atoms with Gasteiger partial charge in [-0.2, -0.15) is 11.8 Å². The second kappa shape index (κ2) is 3.12. The molecule has 1 rings (SSSR count). The smallest absolute Gasteiger partial charge is 0.424 e. The molecule has 1 atom stereocenters. The second-order valence-electron chi connectivity index (χ2n) is 2.11. The van der Waals surface area contributed by atoms with Crippen LogP contribution in [0.25, 0.3) is 0 Å². The molecule has 0 spiro atoms. The molecule has 10 heavy (non-hydrogen) atoms. The maximum absolute atomic E-state index is 10.6. The van der Waals surface area contributed by atoms with Crippen LogP contribution in [0.2, 0.25) is 0 Å². The van der Waals surface area contributed by atoms with Gasteiger partial charge in [0.05, 0.1) is 6.54 Å². The van der Waals surface area contributed by atoms with Crippen molar-refractivity contribution in [1.82, 2.24) is 5.01 Å². The predicted molar refractivity (Wildman–Crippen MR) is 39.5 cm³/mol. The molecule has 0 bridgehead atoms. The Kier molecular flexibility index (Phi) is 2.39. The lowest BCUT2D eigenvalue weighted by atomic mass is 10.4. The van der Waals surface area contributed by atoms with Crippen molar-refractivity contribution in [3.05, 3.63) is 0 Å². The fourth-order valence-corrected chi connectivity index (χ4v) is 1.36. The van der Waals surface area contributed by atoms with Crippen molar-refractivity contribution in [1.29, 1.82) is 0 Å². The molecule has 1 aliphatic rings. The predicted octanol–water partition coefficient (Wildman–Crippen LogP) is 0.0439. The first-order valence-corrected chi connectivity index (χ1v) is 4.35. The van der Waals surface area contributed by atoms with Crippen LogP contribution in [0, 0.1) is 0 Å². The number of carbonyl (C=O) groups is 1. The maximum Gasteiger partial charge on any atom is 0.424 e. The highest BCUT2D eigenvalue weighted by molar-refractivity contribution is 7.98. The number of hydrogen-bond donors (Lipinski definition) is 1. The van der Waals surface area contributed by atoms with E-state index in [0.29, 0.717) is 6.54 Å². The first-order chi connectivity index (χ1) is 4.74. The van der Waals surface area contributed by atoms with Crippen LogP contribution in [-0.2, 0) is 4.74 Å². The summed E-state index contributed by atoms with van der Waals surface area (Å²) >= 11 is 1.64. The SMILES string of the molecule is CSC[C@@H]1CN(N)C(=O)O1. The first kappa shape index (κ1) is 7.68. The van der Waals surface area contributed by atoms with Crippen molar-refractivity contribution in [3.8, 4) is 0 Å². The molecule has 1 heterocycles. The van der Waals surface area contributed by atoms with Crippen LogP contribution in [0.3, 0.4) is 0 Å². The molecule has 1 saturated heterocycles. The molecule has 1 amide bonds. The summed E-state index contributed by atoms with van der Waals surface area (Å²) in [6.45, 7) is 0.514. The lowest BCUT2D eigenvalue weighted by molar-refractivity contribution is 0.140. The van der Waals surface area contributed by atoms with E-state index in [1.165, 1.54) is 0 Å². The molecule has 0 aromatic rings. The maximum atomic E-state index is 10.6. The zero-order valence-electron chi connectivity index (χ0n) is 5.74. The molecule has 0 aliphatic carbocycles. The van der Waals surface area contributed by atoms with Gasteiger partial charge in [0, 0.05) is 5.75 Å². The molecular formula is C5H10N2O2S. The van der Waals surface area contributed by atoms with Gasteiger partial charge in [-0.3, -0.25) is 0 Å². The van der Waals surface area contributed by atoms with E-state index in [-0.39, 0.29) is 6.10 Å². The fourth-order valence-electron chi connectivity index (χ4n) is 0.814. The van der Waals surface area contributed by atoms with Crippen LogP contribution in [0.5, 0.6) is 0 Å². The average molecular weight is 162 g/mol. The van der Waals surface area contributed by atoms with Gasteiger partial charge in [-0.05, 0) is 6.26 Å². The number of thioether (sulfide) groups is 1. The summed E-state index contributed by atoms with van der Waals surface area (Å²) in [6.07, 6.45) is 1.53. The Morgan fingerprint density at radius 2 is 2.70 bits per heavy atom. The molecule has 5 heteroatoms. The molecule has 0 aromatic heterocycles. The van der Waals surface area contributed by atoms with Crippen molar-refractivity contribution in [3.63, 3.8) is 0 Å². The summed E-state index contributed by atoms with van der Waals surface area (Å²) in [5.74, 6) is 6.07. The van der Waals surface area contributed by atoms with E-state index in [0.717, 1.165) is 10.8 Å². The van der Waals surface area contributed by atoms with Crippen molar-refractivity contribution in [2.75, 3.05) is 18.6 Å². The Labute approximate surface area is 63.7 Å². The zero-order chi connectivity index (χ0) is 7.56. The summed E-state index contributed by atoms with van der Waals surface area (Å²) in [6, 6.07) is 0. The molecule has 1 fully saturated rings. The Morgan fingerprint density at radius 1 is 2.00 bits per heavy atom. The minimum Gasteiger partial charge on any atom is -0.442 e. The summed E-state index contributed by atoms with van der Waals surface area (Å²) in [5.41, 5.74) is 0. The highest BCUT2D eigenvalue weighted by atomic mass is 32.2. The van der Waals surface area contributed by atoms with Gasteiger partial charge in [-0.25, -0.2) is 15.6 Å². The molecule has 0 saturated carbocycles. The molecule has 0 radical (unpaired) electrons. The van der Waals surface area contributed by atoms with Crippen LogP contribution < -0.4 is 5.84 Å². The summed E-state index contributed by atoms with van der Waals surface area (Å²) in [4.78, 5) is 10.6. The van der Waals surface area contributed by atoms with E-state index < -0.39 is 6.09 Å². The highest BCUT2D eigenvalue weighted by Crippen LogP contribution is 2.10. The largest absolute Gasteiger partial charge is 0.442 e. The van der Waals surface area contributed by atoms with Crippen molar-refractivity contribution < 1.29 is 9.53 Å². The molecular weight excluding hydrogens is 152 g/mol. The molecule has 4 nitrogen and oxygen atoms in total. The molecule has 1 aliphatic heterocycles. The van der Waals surface area contributed by atoms with Gasteiger partial charge in [0.2, 0.25) is 0 Å². The number of nitrogens with two attached hydrogens (primary N) is 1. The number of hydrazine groups is 1. The molecule has 0 unspecified atom stereocenters. The monoisotopic (exact) mass is 162 g/mol. The van der Waals surface area contributed by atoms with Gasteiger partial charge in [-0.15, -0.1) is 0 Å². The lowest BCUT2D eigenvalue weighted by Crippen LogP contribution is -2.32. The number of cyclic esters (lactones) is 1. The Morgan fingerprint density at radius 3 is 3.10 bits per heavy atom. The van der Waals surface area contributed by atoms with Crippen LogP contribution in [0.4, 0.5) is 4.79 Å². The zero-order valence-corrected chi connectivity index (χ0v) is 6.56. The number of hydrogen-bond acceptors (Lipinski definition) is 4. The van der Waals surface area contributed by atoms with E-state index >= 15 is 0 Å². The van der Waals surface area contributed by atoms with Crippen molar-refractivity contribution in [2.24, 2.45) is 5.84 Å². The average Bonchev–Trinajstić information content (AvgIpc) is 2.14. The van der Waals surface area contributed by atoms with Crippen molar-refractivity contribution in [2.45, 2.75) is 6.10 Å². The normalized spacial score (nSPS) is 25.2. The first-order valence-electron chi connectivity index (χ1n) is 2.96. The van der Waals surface area contributed by atoms with Crippen LogP contribution in [-0.4, -0.2) is 35.8 Å². The number of amides is 1. The van der Waals surface area contributed by atoms with Gasteiger partial charge in [0.1, 0.15) is 6.10 Å². The van der Waals surface area contributed by atoms with E-state index in [4.69, 9.17) is 10.6 Å². The molecule has 2 N–H and O–H groups in total. The Hall–Kier alpha value is -0.420. The summed E-state index contributed by atoms with van der Waals surface area (Å²) in [7, 11) is 0. The standard InChI is InChI=1S/C5H10N2O2S/c1-10-3-4-2-7(6)5(8)9-4/h4H,2-3,6H2,1H3/t4-/m0/s1. The summed E-state index contributed by atoms with van der Waals surface area (Å²) in [5, 5.41) is 1.10. The van der Waals surface area contributed by atoms with Crippen LogP contribution in [0.1, 0.15) is 0 Å². The van der Waals surface area contributed by atoms with E-state index in [1.54, 1.807) is 11.8 Å². The van der Waals surface area contributed by atoms with Gasteiger partial charge in [0.25, 0.3) is 0 Å². The van der Waals surface area contributed by atoms with E-state index in [2.05, 4.69) is 0 Å². The summed E-state index contributed by atoms with van der Waals surface area (Å²) < 4.78 is 4.86. The van der Waals surface area contributed by atoms with Crippen LogP contribution in [0.15, 0.2) is 0 Å². The molecule has 58 valence electrons. The van der Waals surface area contributed by atoms with Gasteiger partial charge < -0.3 is 4.74 Å². The molecule has 0 aromatic carbocycles. The van der Waals surface area contributed by atoms with Crippen molar-refractivity contribution >= 4 is 17.9 Å². The van der Waals surface area contributed by atoms with Gasteiger partial charge in [-0.1, -0.05) is 0 Å². The topological polar surface area (TPSA) is 55.6 Å². The number of rotatable bonds is 2. The number of carbonyl (C=O) groups excluding carboxylic acids is 1. The third-order valence-corrected chi connectivity index (χ3v) is 1.96. The Balaban J connectivity index is 2.34. The fraction of sp³-hybridized carbons (Fsp3) is 0.800. The lowest BCUT2D eigenvalue weighted by Gasteiger charge is -2.03. The second-order valence-corrected chi connectivity index (χ2v) is 3.02.